The topological polar surface area (TPSA) is 105 Å². The molecule has 1 aromatic rings. The van der Waals surface area contributed by atoms with Crippen molar-refractivity contribution in [2.75, 3.05) is 46.3 Å². The lowest BCUT2D eigenvalue weighted by molar-refractivity contribution is -0.166. The van der Waals surface area contributed by atoms with Gasteiger partial charge in [0.15, 0.2) is 0 Å². The molecule has 9 heteroatoms. The standard InChI is InChI=1S/C34H53N5O4/c1-3-4-18-39-32(42)29(30(40)27-8-6-5-7-9-27)36-33(43)34(39)16-21-38(22-17-34)24-26-14-19-37(20-15-26)23-25-10-12-28(13-11-25)31(41)35-2/h10-13,26-27,29-30,40H,3-9,14-24H2,1-2H3,(H,35,41)(H,36,43)/t29-,30-/m1/s1. The molecule has 1 aromatic carbocycles. The summed E-state index contributed by atoms with van der Waals surface area (Å²) < 4.78 is 0. The zero-order valence-corrected chi connectivity index (χ0v) is 26.4. The maximum Gasteiger partial charge on any atom is 0.251 e. The molecule has 3 amide bonds. The average Bonchev–Trinajstić information content (AvgIpc) is 3.04. The van der Waals surface area contributed by atoms with Crippen molar-refractivity contribution in [3.05, 3.63) is 35.4 Å². The first kappa shape index (κ1) is 31.9. The normalized spacial score (nSPS) is 25.1. The van der Waals surface area contributed by atoms with Gasteiger partial charge in [-0.15, -0.1) is 0 Å². The third-order valence-corrected chi connectivity index (χ3v) is 10.7. The fourth-order valence-electron chi connectivity index (χ4n) is 7.92. The van der Waals surface area contributed by atoms with E-state index in [1.165, 1.54) is 12.0 Å². The molecule has 0 aromatic heterocycles. The Morgan fingerprint density at radius 3 is 2.30 bits per heavy atom. The number of piperidine rings is 2. The molecular formula is C34H53N5O4. The lowest BCUT2D eigenvalue weighted by Crippen LogP contribution is -2.75. The molecule has 1 aliphatic carbocycles. The number of amides is 3. The van der Waals surface area contributed by atoms with E-state index in [0.29, 0.717) is 30.9 Å². The molecule has 9 nitrogen and oxygen atoms in total. The molecule has 4 fully saturated rings. The Balaban J connectivity index is 1.12. The number of rotatable bonds is 10. The number of carbonyl (C=O) groups is 3. The highest BCUT2D eigenvalue weighted by Gasteiger charge is 2.55. The minimum atomic E-state index is -0.810. The molecule has 238 valence electrons. The van der Waals surface area contributed by atoms with Crippen LogP contribution >= 0.6 is 0 Å². The van der Waals surface area contributed by atoms with Crippen LogP contribution in [0.1, 0.15) is 93.5 Å². The summed E-state index contributed by atoms with van der Waals surface area (Å²) in [6, 6.07) is 7.08. The SMILES string of the molecule is CCCCN1C(=O)[C@@H]([C@H](O)C2CCCCC2)NC(=O)C12CCN(CC1CCN(Cc3ccc(C(=O)NC)cc3)CC1)CC2. The average molecular weight is 596 g/mol. The van der Waals surface area contributed by atoms with Gasteiger partial charge in [-0.3, -0.25) is 19.3 Å². The molecule has 3 N–H and O–H groups in total. The first-order valence-corrected chi connectivity index (χ1v) is 16.9. The van der Waals surface area contributed by atoms with E-state index in [4.69, 9.17) is 0 Å². The Bertz CT molecular complexity index is 1090. The van der Waals surface area contributed by atoms with E-state index in [1.807, 2.05) is 17.0 Å². The molecule has 1 saturated carbocycles. The van der Waals surface area contributed by atoms with Crippen LogP contribution in [0, 0.1) is 11.8 Å². The van der Waals surface area contributed by atoms with Crippen LogP contribution in [0.5, 0.6) is 0 Å². The number of unbranched alkanes of at least 4 members (excludes halogenated alkanes) is 1. The smallest absolute Gasteiger partial charge is 0.251 e. The van der Waals surface area contributed by atoms with Crippen LogP contribution < -0.4 is 10.6 Å². The molecule has 0 unspecified atom stereocenters. The van der Waals surface area contributed by atoms with Crippen molar-refractivity contribution in [2.24, 2.45) is 11.8 Å². The van der Waals surface area contributed by atoms with Crippen LogP contribution in [0.25, 0.3) is 0 Å². The second-order valence-electron chi connectivity index (χ2n) is 13.5. The number of hydrogen-bond donors (Lipinski definition) is 3. The number of hydrogen-bond acceptors (Lipinski definition) is 6. The predicted molar refractivity (Wildman–Crippen MR) is 167 cm³/mol. The van der Waals surface area contributed by atoms with Gasteiger partial charge < -0.3 is 25.5 Å². The van der Waals surface area contributed by atoms with Crippen LogP contribution in [0.3, 0.4) is 0 Å². The summed E-state index contributed by atoms with van der Waals surface area (Å²) in [5.41, 5.74) is 1.13. The van der Waals surface area contributed by atoms with Crippen LogP contribution in [0.2, 0.25) is 0 Å². The number of piperazine rings is 1. The number of likely N-dealkylation sites (tertiary alicyclic amines) is 2. The molecule has 1 spiro atoms. The minimum Gasteiger partial charge on any atom is -0.390 e. The number of aliphatic hydroxyl groups excluding tert-OH is 1. The monoisotopic (exact) mass is 595 g/mol. The Hall–Kier alpha value is -2.49. The summed E-state index contributed by atoms with van der Waals surface area (Å²) in [5.74, 6) is 0.537. The van der Waals surface area contributed by atoms with Gasteiger partial charge in [0.1, 0.15) is 11.6 Å². The van der Waals surface area contributed by atoms with E-state index >= 15 is 0 Å². The second-order valence-corrected chi connectivity index (χ2v) is 13.5. The molecule has 0 radical (unpaired) electrons. The van der Waals surface area contributed by atoms with Gasteiger partial charge in [-0.05, 0) is 87.6 Å². The van der Waals surface area contributed by atoms with Crippen molar-refractivity contribution in [1.29, 1.82) is 0 Å². The van der Waals surface area contributed by atoms with Crippen molar-refractivity contribution >= 4 is 17.7 Å². The van der Waals surface area contributed by atoms with Gasteiger partial charge in [0, 0.05) is 45.3 Å². The molecule has 5 rings (SSSR count). The molecule has 0 bridgehead atoms. The van der Waals surface area contributed by atoms with Crippen LogP contribution in [-0.4, -0.2) is 102 Å². The largest absolute Gasteiger partial charge is 0.390 e. The molecule has 3 heterocycles. The van der Waals surface area contributed by atoms with E-state index in [-0.39, 0.29) is 23.6 Å². The van der Waals surface area contributed by atoms with Gasteiger partial charge in [-0.25, -0.2) is 0 Å². The minimum absolute atomic E-state index is 0.0561. The molecule has 3 saturated heterocycles. The summed E-state index contributed by atoms with van der Waals surface area (Å²) in [6.45, 7) is 8.40. The predicted octanol–water partition coefficient (Wildman–Crippen LogP) is 3.16. The van der Waals surface area contributed by atoms with Gasteiger partial charge in [-0.1, -0.05) is 44.7 Å². The van der Waals surface area contributed by atoms with Gasteiger partial charge >= 0.3 is 0 Å². The van der Waals surface area contributed by atoms with Crippen LogP contribution in [0.15, 0.2) is 24.3 Å². The molecule has 4 aliphatic rings. The van der Waals surface area contributed by atoms with E-state index in [0.717, 1.165) is 90.6 Å². The summed E-state index contributed by atoms with van der Waals surface area (Å²) in [5, 5.41) is 16.9. The molecule has 2 atom stereocenters. The summed E-state index contributed by atoms with van der Waals surface area (Å²) in [4.78, 5) is 46.3. The van der Waals surface area contributed by atoms with Gasteiger partial charge in [-0.2, -0.15) is 0 Å². The Labute approximate surface area is 257 Å². The zero-order valence-electron chi connectivity index (χ0n) is 26.4. The Kier molecular flexibility index (Phi) is 10.8. The first-order chi connectivity index (χ1) is 20.8. The van der Waals surface area contributed by atoms with Crippen molar-refractivity contribution in [3.63, 3.8) is 0 Å². The summed E-state index contributed by atoms with van der Waals surface area (Å²) in [7, 11) is 1.65. The van der Waals surface area contributed by atoms with E-state index in [9.17, 15) is 19.5 Å². The van der Waals surface area contributed by atoms with Crippen molar-refractivity contribution in [2.45, 2.75) is 102 Å². The zero-order chi connectivity index (χ0) is 30.4. The maximum absolute atomic E-state index is 13.9. The number of benzene rings is 1. The molecule has 3 aliphatic heterocycles. The number of nitrogens with zero attached hydrogens (tertiary/aromatic N) is 3. The van der Waals surface area contributed by atoms with Gasteiger partial charge in [0.25, 0.3) is 5.91 Å². The molecular weight excluding hydrogens is 542 g/mol. The summed E-state index contributed by atoms with van der Waals surface area (Å²) in [6.07, 6.45) is 9.87. The quantitative estimate of drug-likeness (QED) is 0.384. The highest BCUT2D eigenvalue weighted by atomic mass is 16.3. The number of nitrogens with one attached hydrogen (secondary N) is 2. The third-order valence-electron chi connectivity index (χ3n) is 10.7. The third kappa shape index (κ3) is 7.26. The van der Waals surface area contributed by atoms with E-state index in [1.54, 1.807) is 7.05 Å². The van der Waals surface area contributed by atoms with Crippen LogP contribution in [-0.2, 0) is 16.1 Å². The van der Waals surface area contributed by atoms with Crippen molar-refractivity contribution in [1.82, 2.24) is 25.3 Å². The highest BCUT2D eigenvalue weighted by Crippen LogP contribution is 2.36. The Morgan fingerprint density at radius 2 is 1.67 bits per heavy atom. The first-order valence-electron chi connectivity index (χ1n) is 16.9. The van der Waals surface area contributed by atoms with E-state index < -0.39 is 17.7 Å². The lowest BCUT2D eigenvalue weighted by Gasteiger charge is -2.53. The van der Waals surface area contributed by atoms with Crippen molar-refractivity contribution < 1.29 is 19.5 Å². The van der Waals surface area contributed by atoms with Gasteiger partial charge in [0.2, 0.25) is 11.8 Å². The fraction of sp³-hybridized carbons (Fsp3) is 0.735. The van der Waals surface area contributed by atoms with E-state index in [2.05, 4.69) is 39.5 Å². The number of carbonyl (C=O) groups excluding carboxylic acids is 3. The highest BCUT2D eigenvalue weighted by molar-refractivity contribution is 6.00. The second kappa shape index (κ2) is 14.5. The Morgan fingerprint density at radius 1 is 1.00 bits per heavy atom. The van der Waals surface area contributed by atoms with Gasteiger partial charge in [0.05, 0.1) is 6.10 Å². The lowest BCUT2D eigenvalue weighted by atomic mass is 9.77. The molecule has 43 heavy (non-hydrogen) atoms. The number of aliphatic hydroxyl groups is 1. The maximum atomic E-state index is 13.9. The van der Waals surface area contributed by atoms with Crippen LogP contribution in [0.4, 0.5) is 0 Å². The fourth-order valence-corrected chi connectivity index (χ4v) is 7.92. The summed E-state index contributed by atoms with van der Waals surface area (Å²) >= 11 is 0. The van der Waals surface area contributed by atoms with Crippen molar-refractivity contribution in [3.8, 4) is 0 Å².